The highest BCUT2D eigenvalue weighted by molar-refractivity contribution is 8.01. The zero-order valence-electron chi connectivity index (χ0n) is 10.4. The van der Waals surface area contributed by atoms with Gasteiger partial charge in [0.15, 0.2) is 0 Å². The number of nitrogens with zero attached hydrogens (tertiary/aromatic N) is 1. The Hall–Kier alpha value is -1.04. The van der Waals surface area contributed by atoms with E-state index in [4.69, 9.17) is 11.6 Å². The van der Waals surface area contributed by atoms with Gasteiger partial charge in [0, 0.05) is 23.2 Å². The summed E-state index contributed by atoms with van der Waals surface area (Å²) in [5.74, 6) is 0.678. The number of hydrogen-bond donors (Lipinski definition) is 1. The molecule has 0 aliphatic heterocycles. The molecule has 1 amide bonds. The molecule has 0 fully saturated rings. The van der Waals surface area contributed by atoms with E-state index in [2.05, 4.69) is 10.3 Å². The number of anilines is 1. The molecule has 0 aliphatic carbocycles. The largest absolute Gasteiger partial charge is 0.325 e. The lowest BCUT2D eigenvalue weighted by atomic mass is 10.3. The molecular weight excluding hydrogens is 300 g/mol. The summed E-state index contributed by atoms with van der Waals surface area (Å²) >= 11 is 9.18. The number of halogens is 1. The van der Waals surface area contributed by atoms with Crippen molar-refractivity contribution in [2.45, 2.75) is 17.7 Å². The Morgan fingerprint density at radius 2 is 2.26 bits per heavy atom. The third-order valence-electron chi connectivity index (χ3n) is 2.30. The maximum Gasteiger partial charge on any atom is 0.225 e. The van der Waals surface area contributed by atoms with Crippen molar-refractivity contribution in [2.24, 2.45) is 0 Å². The molecule has 0 radical (unpaired) electrons. The van der Waals surface area contributed by atoms with E-state index in [9.17, 15) is 4.79 Å². The fourth-order valence-corrected chi connectivity index (χ4v) is 3.45. The number of aromatic nitrogens is 1. The summed E-state index contributed by atoms with van der Waals surface area (Å²) in [5.41, 5.74) is 1.68. The average molecular weight is 313 g/mol. The van der Waals surface area contributed by atoms with Crippen LogP contribution < -0.4 is 5.32 Å². The van der Waals surface area contributed by atoms with Crippen molar-refractivity contribution in [3.8, 4) is 0 Å². The number of carbonyl (C=O) groups excluding carboxylic acids is 1. The minimum absolute atomic E-state index is 0.0334. The molecule has 6 heteroatoms. The van der Waals surface area contributed by atoms with Gasteiger partial charge in [0.1, 0.15) is 4.34 Å². The van der Waals surface area contributed by atoms with Gasteiger partial charge in [-0.25, -0.2) is 4.98 Å². The molecule has 0 saturated heterocycles. The molecular formula is C13H13ClN2OS2. The predicted octanol–water partition coefficient (Wildman–Crippen LogP) is 4.23. The van der Waals surface area contributed by atoms with Gasteiger partial charge in [-0.1, -0.05) is 35.5 Å². The first-order chi connectivity index (χ1) is 9.15. The number of carbonyl (C=O) groups is 1. The molecule has 19 heavy (non-hydrogen) atoms. The second kappa shape index (κ2) is 6.93. The van der Waals surface area contributed by atoms with E-state index in [1.807, 2.05) is 24.4 Å². The van der Waals surface area contributed by atoms with E-state index in [1.165, 1.54) is 0 Å². The Kier molecular flexibility index (Phi) is 5.24. The summed E-state index contributed by atoms with van der Waals surface area (Å²) < 4.78 is 1.00. The fraction of sp³-hybridized carbons (Fsp3) is 0.231. The van der Waals surface area contributed by atoms with Crippen LogP contribution in [0.3, 0.4) is 0 Å². The lowest BCUT2D eigenvalue weighted by Crippen LogP contribution is -2.12. The minimum atomic E-state index is -0.0334. The number of rotatable bonds is 5. The van der Waals surface area contributed by atoms with Gasteiger partial charge in [-0.2, -0.15) is 0 Å². The first-order valence-corrected chi connectivity index (χ1v) is 7.99. The van der Waals surface area contributed by atoms with E-state index in [-0.39, 0.29) is 5.91 Å². The Balaban J connectivity index is 1.77. The second-order valence-corrected chi connectivity index (χ2v) is 6.49. The normalized spacial score (nSPS) is 10.4. The number of thioether (sulfide) groups is 1. The molecule has 1 aromatic heterocycles. The van der Waals surface area contributed by atoms with E-state index in [0.717, 1.165) is 10.0 Å². The highest BCUT2D eigenvalue weighted by Crippen LogP contribution is 2.24. The first kappa shape index (κ1) is 14.4. The second-order valence-electron chi connectivity index (χ2n) is 3.88. The molecule has 0 aliphatic rings. The van der Waals surface area contributed by atoms with Crippen LogP contribution in [0.5, 0.6) is 0 Å². The maximum atomic E-state index is 11.8. The maximum absolute atomic E-state index is 11.8. The van der Waals surface area contributed by atoms with Crippen molar-refractivity contribution in [3.63, 3.8) is 0 Å². The lowest BCUT2D eigenvalue weighted by molar-refractivity contribution is -0.115. The lowest BCUT2D eigenvalue weighted by Gasteiger charge is -2.06. The molecule has 100 valence electrons. The number of benzene rings is 1. The zero-order chi connectivity index (χ0) is 13.7. The number of hydrogen-bond acceptors (Lipinski definition) is 4. The van der Waals surface area contributed by atoms with Crippen molar-refractivity contribution in [3.05, 3.63) is 40.4 Å². The quantitative estimate of drug-likeness (QED) is 0.840. The molecule has 1 aromatic carbocycles. The number of amides is 1. The van der Waals surface area contributed by atoms with Gasteiger partial charge in [-0.15, -0.1) is 11.3 Å². The Morgan fingerprint density at radius 3 is 2.95 bits per heavy atom. The first-order valence-electron chi connectivity index (χ1n) is 5.74. The van der Waals surface area contributed by atoms with Crippen LogP contribution in [0.15, 0.2) is 34.0 Å². The van der Waals surface area contributed by atoms with Gasteiger partial charge in [0.2, 0.25) is 5.91 Å². The number of para-hydroxylation sites is 1. The molecule has 2 rings (SSSR count). The zero-order valence-corrected chi connectivity index (χ0v) is 12.7. The van der Waals surface area contributed by atoms with Gasteiger partial charge in [0.05, 0.1) is 10.7 Å². The summed E-state index contributed by atoms with van der Waals surface area (Å²) in [7, 11) is 0. The van der Waals surface area contributed by atoms with Crippen LogP contribution in [0.1, 0.15) is 12.1 Å². The standard InChI is InChI=1S/C13H13ClN2OS2/c1-9-8-19-13(15-9)18-7-6-12(17)16-11-5-3-2-4-10(11)14/h2-5,8H,6-7H2,1H3,(H,16,17). The van der Waals surface area contributed by atoms with Crippen LogP contribution in [-0.4, -0.2) is 16.6 Å². The molecule has 0 spiro atoms. The van der Waals surface area contributed by atoms with Gasteiger partial charge in [-0.3, -0.25) is 4.79 Å². The molecule has 3 nitrogen and oxygen atoms in total. The predicted molar refractivity (Wildman–Crippen MR) is 82.3 cm³/mol. The monoisotopic (exact) mass is 312 g/mol. The Labute approximate surface area is 125 Å². The number of thiazole rings is 1. The van der Waals surface area contributed by atoms with Crippen molar-refractivity contribution in [1.82, 2.24) is 4.98 Å². The van der Waals surface area contributed by atoms with E-state index in [1.54, 1.807) is 35.2 Å². The van der Waals surface area contributed by atoms with Crippen LogP contribution in [0.2, 0.25) is 5.02 Å². The molecule has 0 saturated carbocycles. The highest BCUT2D eigenvalue weighted by atomic mass is 35.5. The van der Waals surface area contributed by atoms with Crippen LogP contribution in [0.25, 0.3) is 0 Å². The van der Waals surface area contributed by atoms with Crippen LogP contribution >= 0.6 is 34.7 Å². The summed E-state index contributed by atoms with van der Waals surface area (Å²) in [5, 5.41) is 5.36. The van der Waals surface area contributed by atoms with Gasteiger partial charge >= 0.3 is 0 Å². The highest BCUT2D eigenvalue weighted by Gasteiger charge is 2.06. The van der Waals surface area contributed by atoms with Gasteiger partial charge in [0.25, 0.3) is 0 Å². The summed E-state index contributed by atoms with van der Waals surface area (Å²) in [6.45, 7) is 1.96. The van der Waals surface area contributed by atoms with Gasteiger partial charge < -0.3 is 5.32 Å². The van der Waals surface area contributed by atoms with Crippen molar-refractivity contribution in [1.29, 1.82) is 0 Å². The summed E-state index contributed by atoms with van der Waals surface area (Å²) in [6.07, 6.45) is 0.439. The minimum Gasteiger partial charge on any atom is -0.325 e. The molecule has 0 bridgehead atoms. The summed E-state index contributed by atoms with van der Waals surface area (Å²) in [4.78, 5) is 16.1. The Bertz CT molecular complexity index is 571. The molecule has 1 N–H and O–H groups in total. The van der Waals surface area contributed by atoms with Crippen molar-refractivity contribution >= 4 is 46.3 Å². The van der Waals surface area contributed by atoms with E-state index >= 15 is 0 Å². The van der Waals surface area contributed by atoms with Crippen molar-refractivity contribution < 1.29 is 4.79 Å². The van der Waals surface area contributed by atoms with Crippen molar-refractivity contribution in [2.75, 3.05) is 11.1 Å². The van der Waals surface area contributed by atoms with E-state index in [0.29, 0.717) is 22.9 Å². The van der Waals surface area contributed by atoms with Crippen LogP contribution in [0.4, 0.5) is 5.69 Å². The van der Waals surface area contributed by atoms with Crippen LogP contribution in [-0.2, 0) is 4.79 Å². The molecule has 0 atom stereocenters. The molecule has 2 aromatic rings. The SMILES string of the molecule is Cc1csc(SCCC(=O)Nc2ccccc2Cl)n1. The number of aryl methyl sites for hydroxylation is 1. The average Bonchev–Trinajstić information content (AvgIpc) is 2.78. The molecule has 1 heterocycles. The third-order valence-corrected chi connectivity index (χ3v) is 4.77. The number of nitrogens with one attached hydrogen (secondary N) is 1. The molecule has 0 unspecified atom stereocenters. The topological polar surface area (TPSA) is 42.0 Å². The van der Waals surface area contributed by atoms with Gasteiger partial charge in [-0.05, 0) is 19.1 Å². The fourth-order valence-electron chi connectivity index (χ4n) is 1.41. The smallest absolute Gasteiger partial charge is 0.225 e. The summed E-state index contributed by atoms with van der Waals surface area (Å²) in [6, 6.07) is 7.22. The third kappa shape index (κ3) is 4.53. The Morgan fingerprint density at radius 1 is 1.47 bits per heavy atom. The van der Waals surface area contributed by atoms with E-state index < -0.39 is 0 Å². The van der Waals surface area contributed by atoms with Crippen LogP contribution in [0, 0.1) is 6.92 Å².